The van der Waals surface area contributed by atoms with Gasteiger partial charge in [-0.2, -0.15) is 26.3 Å². The Balaban J connectivity index is 2.28. The minimum absolute atomic E-state index is 0.0361. The molecule has 0 saturated carbocycles. The van der Waals surface area contributed by atoms with Gasteiger partial charge in [0.25, 0.3) is 0 Å². The van der Waals surface area contributed by atoms with Gasteiger partial charge in [0.1, 0.15) is 5.69 Å². The molecule has 10 heteroatoms. The molecule has 1 aliphatic rings. The number of aliphatic hydroxyl groups excluding tert-OH is 1. The lowest BCUT2D eigenvalue weighted by molar-refractivity contribution is -0.142. The van der Waals surface area contributed by atoms with Crippen LogP contribution in [0.15, 0.2) is 22.7 Å². The number of halogens is 7. The number of piperidine rings is 1. The number of hydrogen-bond donors (Lipinski definition) is 2. The predicted octanol–water partition coefficient (Wildman–Crippen LogP) is 5.21. The standard InChI is InChI=1S/C17H15BrF6N2O/c18-8-5-9-10(15(27)12-3-1-2-4-25-12)7-13(17(22,23)24)26-14(9)11(6-8)16(19,20)21/h5-7,12,15,25,27H,1-4H2/t12-,15+/m1/s1. The van der Waals surface area contributed by atoms with Crippen LogP contribution in [0.4, 0.5) is 26.3 Å². The first-order chi connectivity index (χ1) is 12.5. The monoisotopic (exact) mass is 456 g/mol. The fourth-order valence-corrected chi connectivity index (χ4v) is 3.75. The summed E-state index contributed by atoms with van der Waals surface area (Å²) in [6, 6.07) is 2.03. The molecule has 0 bridgehead atoms. The number of aromatic nitrogens is 1. The average Bonchev–Trinajstić information content (AvgIpc) is 2.58. The van der Waals surface area contributed by atoms with Gasteiger partial charge in [-0.05, 0) is 43.1 Å². The van der Waals surface area contributed by atoms with Crippen LogP contribution in [0.1, 0.15) is 42.2 Å². The Morgan fingerprint density at radius 3 is 2.33 bits per heavy atom. The largest absolute Gasteiger partial charge is 0.433 e. The molecule has 0 radical (unpaired) electrons. The van der Waals surface area contributed by atoms with Crippen molar-refractivity contribution in [1.29, 1.82) is 0 Å². The van der Waals surface area contributed by atoms with Crippen LogP contribution in [0.2, 0.25) is 0 Å². The van der Waals surface area contributed by atoms with Crippen molar-refractivity contribution >= 4 is 26.8 Å². The number of benzene rings is 1. The van der Waals surface area contributed by atoms with Crippen LogP contribution in [-0.2, 0) is 12.4 Å². The van der Waals surface area contributed by atoms with Crippen molar-refractivity contribution in [2.24, 2.45) is 0 Å². The number of nitrogens with one attached hydrogen (secondary N) is 1. The van der Waals surface area contributed by atoms with Gasteiger partial charge in [0.15, 0.2) is 0 Å². The van der Waals surface area contributed by atoms with Crippen LogP contribution in [-0.4, -0.2) is 22.7 Å². The van der Waals surface area contributed by atoms with Crippen molar-refractivity contribution in [3.8, 4) is 0 Å². The van der Waals surface area contributed by atoms with Gasteiger partial charge >= 0.3 is 12.4 Å². The first-order valence-corrected chi connectivity index (χ1v) is 8.98. The highest BCUT2D eigenvalue weighted by atomic mass is 79.9. The van der Waals surface area contributed by atoms with Crippen molar-refractivity contribution in [2.75, 3.05) is 6.54 Å². The fourth-order valence-electron chi connectivity index (χ4n) is 3.29. The summed E-state index contributed by atoms with van der Waals surface area (Å²) in [6.07, 6.45) is -9.11. The van der Waals surface area contributed by atoms with Gasteiger partial charge in [-0.25, -0.2) is 4.98 Å². The zero-order chi connectivity index (χ0) is 20.0. The van der Waals surface area contributed by atoms with Gasteiger partial charge in [-0.1, -0.05) is 22.4 Å². The van der Waals surface area contributed by atoms with E-state index in [1.807, 2.05) is 0 Å². The molecule has 1 aromatic heterocycles. The van der Waals surface area contributed by atoms with Gasteiger partial charge in [0.05, 0.1) is 17.2 Å². The molecule has 1 aromatic carbocycles. The summed E-state index contributed by atoms with van der Waals surface area (Å²) in [7, 11) is 0. The van der Waals surface area contributed by atoms with E-state index >= 15 is 0 Å². The number of fused-ring (bicyclic) bond motifs is 1. The number of pyridine rings is 1. The molecule has 0 amide bonds. The number of alkyl halides is 6. The molecule has 2 N–H and O–H groups in total. The number of hydrogen-bond acceptors (Lipinski definition) is 3. The molecule has 3 rings (SSSR count). The number of aliphatic hydroxyl groups is 1. The van der Waals surface area contributed by atoms with Crippen molar-refractivity contribution in [3.05, 3.63) is 39.5 Å². The Morgan fingerprint density at radius 1 is 1.07 bits per heavy atom. The summed E-state index contributed by atoms with van der Waals surface area (Å²) in [5.41, 5.74) is -3.81. The highest BCUT2D eigenvalue weighted by Gasteiger charge is 2.39. The molecular formula is C17H15BrF6N2O. The Labute approximate surface area is 158 Å². The zero-order valence-electron chi connectivity index (χ0n) is 13.8. The van der Waals surface area contributed by atoms with E-state index in [2.05, 4.69) is 26.2 Å². The zero-order valence-corrected chi connectivity index (χ0v) is 15.3. The lowest BCUT2D eigenvalue weighted by Crippen LogP contribution is -2.39. The summed E-state index contributed by atoms with van der Waals surface area (Å²) < 4.78 is 80.0. The molecule has 2 heterocycles. The minimum Gasteiger partial charge on any atom is -0.387 e. The van der Waals surface area contributed by atoms with E-state index in [1.165, 1.54) is 6.07 Å². The first kappa shape index (κ1) is 20.3. The molecule has 0 spiro atoms. The van der Waals surface area contributed by atoms with E-state index < -0.39 is 41.3 Å². The van der Waals surface area contributed by atoms with Gasteiger partial charge < -0.3 is 10.4 Å². The average molecular weight is 457 g/mol. The van der Waals surface area contributed by atoms with Gasteiger partial charge in [-0.15, -0.1) is 0 Å². The van der Waals surface area contributed by atoms with Crippen LogP contribution >= 0.6 is 15.9 Å². The Bertz CT molecular complexity index is 846. The van der Waals surface area contributed by atoms with Gasteiger partial charge in [-0.3, -0.25) is 0 Å². The van der Waals surface area contributed by atoms with Gasteiger partial charge in [0, 0.05) is 15.9 Å². The van der Waals surface area contributed by atoms with Crippen LogP contribution in [0, 0.1) is 0 Å². The smallest absolute Gasteiger partial charge is 0.387 e. The van der Waals surface area contributed by atoms with Crippen molar-refractivity contribution < 1.29 is 31.4 Å². The van der Waals surface area contributed by atoms with Gasteiger partial charge in [0.2, 0.25) is 0 Å². The third-order valence-electron chi connectivity index (χ3n) is 4.55. The second kappa shape index (κ2) is 7.21. The van der Waals surface area contributed by atoms with Crippen molar-refractivity contribution in [1.82, 2.24) is 10.3 Å². The number of nitrogens with zero attached hydrogens (tertiary/aromatic N) is 1. The van der Waals surface area contributed by atoms with Crippen LogP contribution in [0.5, 0.6) is 0 Å². The lowest BCUT2D eigenvalue weighted by Gasteiger charge is -2.29. The summed E-state index contributed by atoms with van der Waals surface area (Å²) in [5.74, 6) is 0. The van der Waals surface area contributed by atoms with E-state index in [0.29, 0.717) is 25.1 Å². The van der Waals surface area contributed by atoms with E-state index in [1.54, 1.807) is 0 Å². The Morgan fingerprint density at radius 2 is 1.78 bits per heavy atom. The Kier molecular flexibility index (Phi) is 5.44. The summed E-state index contributed by atoms with van der Waals surface area (Å²) in [4.78, 5) is 3.24. The molecule has 0 unspecified atom stereocenters. The van der Waals surface area contributed by atoms with Crippen LogP contribution < -0.4 is 5.32 Å². The van der Waals surface area contributed by atoms with Crippen LogP contribution in [0.25, 0.3) is 10.9 Å². The van der Waals surface area contributed by atoms with E-state index in [4.69, 9.17) is 0 Å². The first-order valence-electron chi connectivity index (χ1n) is 8.18. The molecule has 0 aliphatic carbocycles. The molecule has 1 fully saturated rings. The maximum absolute atomic E-state index is 13.4. The number of rotatable bonds is 2. The molecular weight excluding hydrogens is 442 g/mol. The molecule has 27 heavy (non-hydrogen) atoms. The highest BCUT2D eigenvalue weighted by Crippen LogP contribution is 2.41. The molecule has 2 aromatic rings. The maximum atomic E-state index is 13.4. The van der Waals surface area contributed by atoms with E-state index in [-0.39, 0.29) is 15.4 Å². The molecule has 2 atom stereocenters. The Hall–Kier alpha value is -1.39. The quantitative estimate of drug-likeness (QED) is 0.609. The summed E-state index contributed by atoms with van der Waals surface area (Å²) >= 11 is 2.97. The SMILES string of the molecule is O[C@@H](c1cc(C(F)(F)F)nc2c(C(F)(F)F)cc(Br)cc12)[C@H]1CCCCN1. The van der Waals surface area contributed by atoms with Crippen molar-refractivity contribution in [2.45, 2.75) is 43.8 Å². The minimum atomic E-state index is -4.95. The third-order valence-corrected chi connectivity index (χ3v) is 5.01. The summed E-state index contributed by atoms with van der Waals surface area (Å²) in [5, 5.41) is 13.5. The summed E-state index contributed by atoms with van der Waals surface area (Å²) in [6.45, 7) is 0.578. The second-order valence-electron chi connectivity index (χ2n) is 6.44. The van der Waals surface area contributed by atoms with E-state index in [0.717, 1.165) is 12.8 Å². The highest BCUT2D eigenvalue weighted by molar-refractivity contribution is 9.10. The molecule has 1 aliphatic heterocycles. The van der Waals surface area contributed by atoms with Crippen molar-refractivity contribution in [3.63, 3.8) is 0 Å². The third kappa shape index (κ3) is 4.22. The van der Waals surface area contributed by atoms with E-state index in [9.17, 15) is 31.4 Å². The maximum Gasteiger partial charge on any atom is 0.433 e. The lowest BCUT2D eigenvalue weighted by atomic mass is 9.91. The molecule has 1 saturated heterocycles. The predicted molar refractivity (Wildman–Crippen MR) is 90.0 cm³/mol. The van der Waals surface area contributed by atoms with Crippen LogP contribution in [0.3, 0.4) is 0 Å². The second-order valence-corrected chi connectivity index (χ2v) is 7.36. The molecule has 3 nitrogen and oxygen atoms in total. The topological polar surface area (TPSA) is 45.2 Å². The normalized spacial score (nSPS) is 20.1. The molecule has 148 valence electrons. The fraction of sp³-hybridized carbons (Fsp3) is 0.471.